The standard InChI is InChI=1S/C14H17N3O3/c1-2-9-5-6-11-10(8-9)13(19)14(20)17(11)7-3-4-12(18)16-15/h5-6,8H,2-4,7,15H2,1H3,(H,16,18). The van der Waals surface area contributed by atoms with Crippen molar-refractivity contribution < 1.29 is 14.4 Å². The van der Waals surface area contributed by atoms with E-state index in [1.165, 1.54) is 4.90 Å². The first-order chi connectivity index (χ1) is 9.58. The fraction of sp³-hybridized carbons (Fsp3) is 0.357. The van der Waals surface area contributed by atoms with Gasteiger partial charge in [0.15, 0.2) is 0 Å². The van der Waals surface area contributed by atoms with E-state index in [9.17, 15) is 14.4 Å². The molecule has 0 aromatic heterocycles. The molecular formula is C14H17N3O3. The molecule has 0 radical (unpaired) electrons. The van der Waals surface area contributed by atoms with Crippen LogP contribution in [0.2, 0.25) is 0 Å². The third-order valence-corrected chi connectivity index (χ3v) is 3.39. The summed E-state index contributed by atoms with van der Waals surface area (Å²) in [4.78, 5) is 36.4. The van der Waals surface area contributed by atoms with Gasteiger partial charge in [0.1, 0.15) is 0 Å². The van der Waals surface area contributed by atoms with Crippen molar-refractivity contribution in [1.29, 1.82) is 0 Å². The highest BCUT2D eigenvalue weighted by Crippen LogP contribution is 2.30. The average molecular weight is 275 g/mol. The van der Waals surface area contributed by atoms with Crippen LogP contribution in [0.4, 0.5) is 5.69 Å². The molecule has 1 aromatic rings. The lowest BCUT2D eigenvalue weighted by molar-refractivity contribution is -0.121. The summed E-state index contributed by atoms with van der Waals surface area (Å²) in [6.45, 7) is 2.32. The number of carbonyl (C=O) groups excluding carboxylic acids is 3. The highest BCUT2D eigenvalue weighted by atomic mass is 16.2. The van der Waals surface area contributed by atoms with E-state index in [0.29, 0.717) is 24.2 Å². The van der Waals surface area contributed by atoms with Crippen LogP contribution in [-0.2, 0) is 16.0 Å². The van der Waals surface area contributed by atoms with Gasteiger partial charge >= 0.3 is 0 Å². The number of rotatable bonds is 5. The molecule has 6 nitrogen and oxygen atoms in total. The van der Waals surface area contributed by atoms with E-state index in [1.807, 2.05) is 18.4 Å². The molecule has 0 fully saturated rings. The van der Waals surface area contributed by atoms with Crippen molar-refractivity contribution in [2.24, 2.45) is 5.84 Å². The van der Waals surface area contributed by atoms with E-state index in [2.05, 4.69) is 0 Å². The monoisotopic (exact) mass is 275 g/mol. The normalized spacial score (nSPS) is 13.6. The second-order valence-corrected chi connectivity index (χ2v) is 4.66. The van der Waals surface area contributed by atoms with E-state index in [-0.39, 0.29) is 12.3 Å². The summed E-state index contributed by atoms with van der Waals surface area (Å²) >= 11 is 0. The molecule has 2 amide bonds. The van der Waals surface area contributed by atoms with Crippen LogP contribution >= 0.6 is 0 Å². The Balaban J connectivity index is 2.14. The van der Waals surface area contributed by atoms with Crippen LogP contribution in [0.15, 0.2) is 18.2 Å². The van der Waals surface area contributed by atoms with Crippen molar-refractivity contribution in [2.45, 2.75) is 26.2 Å². The second-order valence-electron chi connectivity index (χ2n) is 4.66. The van der Waals surface area contributed by atoms with Gasteiger partial charge in [0, 0.05) is 13.0 Å². The average Bonchev–Trinajstić information content (AvgIpc) is 2.71. The van der Waals surface area contributed by atoms with Gasteiger partial charge < -0.3 is 4.90 Å². The number of nitrogens with two attached hydrogens (primary N) is 1. The number of aryl methyl sites for hydroxylation is 1. The van der Waals surface area contributed by atoms with Crippen LogP contribution in [0.1, 0.15) is 35.7 Å². The number of fused-ring (bicyclic) bond motifs is 1. The Hall–Kier alpha value is -2.21. The minimum atomic E-state index is -0.526. The lowest BCUT2D eigenvalue weighted by Crippen LogP contribution is -2.33. The number of amides is 2. The molecule has 0 saturated heterocycles. The summed E-state index contributed by atoms with van der Waals surface area (Å²) in [5.74, 6) is 3.70. The molecule has 106 valence electrons. The predicted molar refractivity (Wildman–Crippen MR) is 74.1 cm³/mol. The third kappa shape index (κ3) is 2.55. The van der Waals surface area contributed by atoms with Gasteiger partial charge in [-0.15, -0.1) is 0 Å². The summed E-state index contributed by atoms with van der Waals surface area (Å²) in [6.07, 6.45) is 1.49. The van der Waals surface area contributed by atoms with Gasteiger partial charge in [-0.1, -0.05) is 13.0 Å². The van der Waals surface area contributed by atoms with Crippen LogP contribution in [0.3, 0.4) is 0 Å². The SMILES string of the molecule is CCc1ccc2c(c1)C(=O)C(=O)N2CCCC(=O)NN. The van der Waals surface area contributed by atoms with E-state index >= 15 is 0 Å². The largest absolute Gasteiger partial charge is 0.305 e. The first-order valence-corrected chi connectivity index (χ1v) is 6.57. The summed E-state index contributed by atoms with van der Waals surface area (Å²) in [5.41, 5.74) is 4.14. The van der Waals surface area contributed by atoms with Crippen molar-refractivity contribution in [3.8, 4) is 0 Å². The number of anilines is 1. The number of nitrogens with zero attached hydrogens (tertiary/aromatic N) is 1. The van der Waals surface area contributed by atoms with Crippen LogP contribution in [0, 0.1) is 0 Å². The minimum absolute atomic E-state index is 0.219. The Morgan fingerprint density at radius 2 is 2.10 bits per heavy atom. The zero-order valence-electron chi connectivity index (χ0n) is 11.3. The van der Waals surface area contributed by atoms with Crippen LogP contribution < -0.4 is 16.2 Å². The predicted octanol–water partition coefficient (Wildman–Crippen LogP) is 0.548. The van der Waals surface area contributed by atoms with Gasteiger partial charge in [0.25, 0.3) is 11.7 Å². The number of Topliss-reactive ketones (excluding diaryl/α,β-unsaturated/α-hetero) is 1. The van der Waals surface area contributed by atoms with Crippen molar-refractivity contribution in [3.63, 3.8) is 0 Å². The molecule has 0 bridgehead atoms. The molecule has 0 atom stereocenters. The Morgan fingerprint density at radius 1 is 1.35 bits per heavy atom. The number of ketones is 1. The molecule has 0 unspecified atom stereocenters. The quantitative estimate of drug-likeness (QED) is 0.355. The summed E-state index contributed by atoms with van der Waals surface area (Å²) in [7, 11) is 0. The lowest BCUT2D eigenvalue weighted by atomic mass is 10.1. The molecule has 0 saturated carbocycles. The molecular weight excluding hydrogens is 258 g/mol. The topological polar surface area (TPSA) is 92.5 Å². The lowest BCUT2D eigenvalue weighted by Gasteiger charge is -2.16. The highest BCUT2D eigenvalue weighted by molar-refractivity contribution is 6.52. The molecule has 20 heavy (non-hydrogen) atoms. The summed E-state index contributed by atoms with van der Waals surface area (Å²) < 4.78 is 0. The zero-order valence-corrected chi connectivity index (χ0v) is 11.3. The molecule has 0 spiro atoms. The van der Waals surface area contributed by atoms with Gasteiger partial charge in [-0.25, -0.2) is 5.84 Å². The number of hydrazine groups is 1. The first kappa shape index (κ1) is 14.2. The van der Waals surface area contributed by atoms with Crippen LogP contribution in [-0.4, -0.2) is 24.1 Å². The molecule has 2 rings (SSSR count). The van der Waals surface area contributed by atoms with E-state index in [0.717, 1.165) is 12.0 Å². The molecule has 1 aliphatic heterocycles. The number of nitrogens with one attached hydrogen (secondary N) is 1. The maximum Gasteiger partial charge on any atom is 0.299 e. The molecule has 3 N–H and O–H groups in total. The maximum absolute atomic E-state index is 12.0. The van der Waals surface area contributed by atoms with Crippen LogP contribution in [0.5, 0.6) is 0 Å². The van der Waals surface area contributed by atoms with Crippen molar-refractivity contribution in [1.82, 2.24) is 5.43 Å². The van der Waals surface area contributed by atoms with Gasteiger partial charge in [-0.05, 0) is 30.5 Å². The molecule has 0 aliphatic carbocycles. The van der Waals surface area contributed by atoms with Crippen molar-refractivity contribution >= 4 is 23.3 Å². The first-order valence-electron chi connectivity index (χ1n) is 6.57. The Kier molecular flexibility index (Phi) is 4.14. The molecule has 1 aromatic carbocycles. The summed E-state index contributed by atoms with van der Waals surface area (Å²) in [5, 5.41) is 0. The van der Waals surface area contributed by atoms with Crippen molar-refractivity contribution in [3.05, 3.63) is 29.3 Å². The van der Waals surface area contributed by atoms with Gasteiger partial charge in [-0.2, -0.15) is 0 Å². The third-order valence-electron chi connectivity index (χ3n) is 3.39. The Bertz CT molecular complexity index is 569. The van der Waals surface area contributed by atoms with Gasteiger partial charge in [0.2, 0.25) is 5.91 Å². The van der Waals surface area contributed by atoms with E-state index < -0.39 is 11.7 Å². The number of carbonyl (C=O) groups is 3. The number of hydrogen-bond donors (Lipinski definition) is 2. The Morgan fingerprint density at radius 3 is 2.75 bits per heavy atom. The maximum atomic E-state index is 12.0. The van der Waals surface area contributed by atoms with Gasteiger partial charge in [0.05, 0.1) is 11.3 Å². The highest BCUT2D eigenvalue weighted by Gasteiger charge is 2.35. The van der Waals surface area contributed by atoms with E-state index in [1.54, 1.807) is 12.1 Å². The number of benzene rings is 1. The molecule has 1 aliphatic rings. The smallest absolute Gasteiger partial charge is 0.299 e. The van der Waals surface area contributed by atoms with Crippen molar-refractivity contribution in [2.75, 3.05) is 11.4 Å². The fourth-order valence-corrected chi connectivity index (χ4v) is 2.26. The zero-order chi connectivity index (χ0) is 14.7. The van der Waals surface area contributed by atoms with Crippen LogP contribution in [0.25, 0.3) is 0 Å². The van der Waals surface area contributed by atoms with Gasteiger partial charge in [-0.3, -0.25) is 19.8 Å². The second kappa shape index (κ2) is 5.83. The minimum Gasteiger partial charge on any atom is -0.305 e. The molecule has 1 heterocycles. The summed E-state index contributed by atoms with van der Waals surface area (Å²) in [6, 6.07) is 5.46. The fourth-order valence-electron chi connectivity index (χ4n) is 2.26. The molecule has 6 heteroatoms. The van der Waals surface area contributed by atoms with E-state index in [4.69, 9.17) is 5.84 Å². The number of hydrogen-bond acceptors (Lipinski definition) is 4. The Labute approximate surface area is 116 Å².